The van der Waals surface area contributed by atoms with Crippen LogP contribution in [0.25, 0.3) is 0 Å². The van der Waals surface area contributed by atoms with E-state index in [2.05, 4.69) is 6.92 Å². The highest BCUT2D eigenvalue weighted by Gasteiger charge is 2.16. The smallest absolute Gasteiger partial charge is 0.306 e. The third kappa shape index (κ3) is 14.1. The molecule has 0 saturated carbocycles. The predicted molar refractivity (Wildman–Crippen MR) is 90.5 cm³/mol. The van der Waals surface area contributed by atoms with Crippen LogP contribution in [0.4, 0.5) is 0 Å². The summed E-state index contributed by atoms with van der Waals surface area (Å²) in [4.78, 5) is 11.2. The van der Waals surface area contributed by atoms with Crippen LogP contribution in [0.1, 0.15) is 96.8 Å². The van der Waals surface area contributed by atoms with Gasteiger partial charge in [0.15, 0.2) is 0 Å². The summed E-state index contributed by atoms with van der Waals surface area (Å²) in [5.41, 5.74) is 5.46. The van der Waals surface area contributed by atoms with Crippen molar-refractivity contribution in [2.45, 2.75) is 96.8 Å². The van der Waals surface area contributed by atoms with Crippen LogP contribution in [0.5, 0.6) is 0 Å². The summed E-state index contributed by atoms with van der Waals surface area (Å²) in [6.45, 7) is 3.01. The van der Waals surface area contributed by atoms with E-state index in [0.29, 0.717) is 0 Å². The van der Waals surface area contributed by atoms with Gasteiger partial charge in [-0.3, -0.25) is 4.79 Å². The minimum Gasteiger partial charge on any atom is -0.481 e. The Labute approximate surface area is 131 Å². The first-order valence-corrected chi connectivity index (χ1v) is 9.15. The van der Waals surface area contributed by atoms with Crippen molar-refractivity contribution in [3.05, 3.63) is 0 Å². The number of rotatable bonds is 16. The van der Waals surface area contributed by atoms with Crippen LogP contribution in [0, 0.1) is 5.92 Å². The fourth-order valence-electron chi connectivity index (χ4n) is 2.80. The maximum Gasteiger partial charge on any atom is 0.306 e. The minimum atomic E-state index is -0.589. The van der Waals surface area contributed by atoms with E-state index in [1.165, 1.54) is 57.8 Å². The first-order chi connectivity index (χ1) is 10.2. The van der Waals surface area contributed by atoms with Crippen LogP contribution in [0.2, 0.25) is 0 Å². The number of carboxylic acid groups (broad SMARTS) is 1. The van der Waals surface area contributed by atoms with Crippen molar-refractivity contribution in [3.63, 3.8) is 0 Å². The number of hydrogen-bond acceptors (Lipinski definition) is 2. The van der Waals surface area contributed by atoms with Crippen molar-refractivity contribution in [2.75, 3.05) is 6.54 Å². The summed E-state index contributed by atoms with van der Waals surface area (Å²) in [5.74, 6) is -0.697. The number of carboxylic acids is 1. The number of aliphatic carboxylic acids is 1. The molecule has 0 spiro atoms. The lowest BCUT2D eigenvalue weighted by Gasteiger charge is -2.12. The maximum absolute atomic E-state index is 11.2. The molecule has 0 aromatic carbocycles. The SMILES string of the molecule is CCCCCCCC(CCCCCCCCCN)C(=O)O. The molecule has 1 atom stereocenters. The summed E-state index contributed by atoms with van der Waals surface area (Å²) in [6, 6.07) is 0. The molecular weight excluding hydrogens is 262 g/mol. The van der Waals surface area contributed by atoms with E-state index in [4.69, 9.17) is 5.73 Å². The van der Waals surface area contributed by atoms with E-state index in [-0.39, 0.29) is 5.92 Å². The Morgan fingerprint density at radius 3 is 1.67 bits per heavy atom. The van der Waals surface area contributed by atoms with Gasteiger partial charge in [-0.1, -0.05) is 77.6 Å². The number of nitrogens with two attached hydrogens (primary N) is 1. The van der Waals surface area contributed by atoms with Gasteiger partial charge in [0.05, 0.1) is 5.92 Å². The Hall–Kier alpha value is -0.570. The normalized spacial score (nSPS) is 12.5. The molecular formula is C18H37NO2. The molecule has 0 amide bonds. The van der Waals surface area contributed by atoms with Crippen LogP contribution in [0.15, 0.2) is 0 Å². The van der Waals surface area contributed by atoms with Gasteiger partial charge in [0, 0.05) is 0 Å². The lowest BCUT2D eigenvalue weighted by molar-refractivity contribution is -0.142. The zero-order valence-corrected chi connectivity index (χ0v) is 14.1. The van der Waals surface area contributed by atoms with E-state index >= 15 is 0 Å². The maximum atomic E-state index is 11.2. The fourth-order valence-corrected chi connectivity index (χ4v) is 2.80. The van der Waals surface area contributed by atoms with Gasteiger partial charge in [-0.2, -0.15) is 0 Å². The van der Waals surface area contributed by atoms with Gasteiger partial charge in [0.2, 0.25) is 0 Å². The Morgan fingerprint density at radius 1 is 0.810 bits per heavy atom. The predicted octanol–water partition coefficient (Wildman–Crippen LogP) is 5.13. The number of hydrogen-bond donors (Lipinski definition) is 2. The molecule has 0 fully saturated rings. The molecule has 0 aromatic rings. The van der Waals surface area contributed by atoms with Crippen molar-refractivity contribution in [3.8, 4) is 0 Å². The fraction of sp³-hybridized carbons (Fsp3) is 0.944. The first-order valence-electron chi connectivity index (χ1n) is 9.15. The third-order valence-corrected chi connectivity index (χ3v) is 4.26. The molecule has 0 rings (SSSR count). The molecule has 0 aliphatic carbocycles. The van der Waals surface area contributed by atoms with Crippen LogP contribution in [-0.2, 0) is 4.79 Å². The van der Waals surface area contributed by atoms with Gasteiger partial charge < -0.3 is 10.8 Å². The molecule has 0 saturated heterocycles. The van der Waals surface area contributed by atoms with Gasteiger partial charge in [-0.25, -0.2) is 0 Å². The molecule has 3 nitrogen and oxygen atoms in total. The zero-order valence-electron chi connectivity index (χ0n) is 14.1. The Kier molecular flexibility index (Phi) is 15.4. The van der Waals surface area contributed by atoms with Gasteiger partial charge in [-0.15, -0.1) is 0 Å². The quantitative estimate of drug-likeness (QED) is 0.388. The molecule has 0 radical (unpaired) electrons. The van der Waals surface area contributed by atoms with Crippen molar-refractivity contribution in [1.82, 2.24) is 0 Å². The standard InChI is InChI=1S/C18H37NO2/c1-2-3-4-8-11-14-17(18(20)21)15-12-9-6-5-7-10-13-16-19/h17H,2-16,19H2,1H3,(H,20,21). The monoisotopic (exact) mass is 299 g/mol. The van der Waals surface area contributed by atoms with E-state index in [0.717, 1.165) is 38.6 Å². The highest BCUT2D eigenvalue weighted by molar-refractivity contribution is 5.69. The molecule has 3 heteroatoms. The third-order valence-electron chi connectivity index (χ3n) is 4.26. The summed E-state index contributed by atoms with van der Waals surface area (Å²) in [6.07, 6.45) is 16.2. The molecule has 0 aromatic heterocycles. The highest BCUT2D eigenvalue weighted by Crippen LogP contribution is 2.19. The molecule has 0 bridgehead atoms. The summed E-state index contributed by atoms with van der Waals surface area (Å²) in [5, 5.41) is 9.26. The molecule has 0 aliphatic rings. The van der Waals surface area contributed by atoms with Gasteiger partial charge in [0.1, 0.15) is 0 Å². The second-order valence-electron chi connectivity index (χ2n) is 6.29. The average molecular weight is 299 g/mol. The van der Waals surface area contributed by atoms with Crippen molar-refractivity contribution in [2.24, 2.45) is 11.7 Å². The lowest BCUT2D eigenvalue weighted by Crippen LogP contribution is -2.13. The van der Waals surface area contributed by atoms with Gasteiger partial charge >= 0.3 is 5.97 Å². The van der Waals surface area contributed by atoms with Gasteiger partial charge in [0.25, 0.3) is 0 Å². The highest BCUT2D eigenvalue weighted by atomic mass is 16.4. The molecule has 1 unspecified atom stereocenters. The summed E-state index contributed by atoms with van der Waals surface area (Å²) >= 11 is 0. The first kappa shape index (κ1) is 20.4. The number of carbonyl (C=O) groups is 1. The average Bonchev–Trinajstić information content (AvgIpc) is 2.47. The molecule has 3 N–H and O–H groups in total. The largest absolute Gasteiger partial charge is 0.481 e. The second kappa shape index (κ2) is 15.8. The topological polar surface area (TPSA) is 63.3 Å². The van der Waals surface area contributed by atoms with E-state index in [9.17, 15) is 9.90 Å². The molecule has 126 valence electrons. The van der Waals surface area contributed by atoms with Crippen molar-refractivity contribution in [1.29, 1.82) is 0 Å². The Balaban J connectivity index is 3.50. The summed E-state index contributed by atoms with van der Waals surface area (Å²) < 4.78 is 0. The molecule has 0 aliphatic heterocycles. The van der Waals surface area contributed by atoms with Gasteiger partial charge in [-0.05, 0) is 25.8 Å². The Morgan fingerprint density at radius 2 is 1.24 bits per heavy atom. The van der Waals surface area contributed by atoms with E-state index in [1.54, 1.807) is 0 Å². The summed E-state index contributed by atoms with van der Waals surface area (Å²) in [7, 11) is 0. The minimum absolute atomic E-state index is 0.108. The molecule has 0 heterocycles. The lowest BCUT2D eigenvalue weighted by atomic mass is 9.94. The van der Waals surface area contributed by atoms with Crippen molar-refractivity contribution < 1.29 is 9.90 Å². The van der Waals surface area contributed by atoms with Crippen LogP contribution < -0.4 is 5.73 Å². The van der Waals surface area contributed by atoms with E-state index in [1.807, 2.05) is 0 Å². The Bertz CT molecular complexity index is 231. The van der Waals surface area contributed by atoms with Crippen molar-refractivity contribution >= 4 is 5.97 Å². The second-order valence-corrected chi connectivity index (χ2v) is 6.29. The van der Waals surface area contributed by atoms with Crippen LogP contribution in [-0.4, -0.2) is 17.6 Å². The molecule has 21 heavy (non-hydrogen) atoms. The zero-order chi connectivity index (χ0) is 15.8. The number of unbranched alkanes of at least 4 members (excludes halogenated alkanes) is 10. The van der Waals surface area contributed by atoms with Crippen LogP contribution >= 0.6 is 0 Å². The van der Waals surface area contributed by atoms with Crippen LogP contribution in [0.3, 0.4) is 0 Å². The van der Waals surface area contributed by atoms with E-state index < -0.39 is 5.97 Å².